The van der Waals surface area contributed by atoms with Crippen molar-refractivity contribution in [1.29, 1.82) is 0 Å². The number of aliphatic hydroxyl groups is 2. The van der Waals surface area contributed by atoms with Crippen LogP contribution in [0.5, 0.6) is 0 Å². The molecule has 0 aromatic rings. The van der Waals surface area contributed by atoms with Gasteiger partial charge in [-0.15, -0.1) is 0 Å². The molecular formula is C12H20O5. The van der Waals surface area contributed by atoms with Crippen molar-refractivity contribution < 1.29 is 24.5 Å². The Hall–Kier alpha value is -0.910. The van der Waals surface area contributed by atoms with Gasteiger partial charge in [-0.2, -0.15) is 0 Å². The number of rotatable bonds is 3. The minimum absolute atomic E-state index is 0.0881. The van der Waals surface area contributed by atoms with Crippen molar-refractivity contribution in [3.8, 4) is 0 Å². The van der Waals surface area contributed by atoms with E-state index in [9.17, 15) is 15.0 Å². The maximum absolute atomic E-state index is 11.3. The summed E-state index contributed by atoms with van der Waals surface area (Å²) in [5.74, 6) is -0.645. The molecule has 5 nitrogen and oxygen atoms in total. The molecule has 0 saturated carbocycles. The van der Waals surface area contributed by atoms with Crippen molar-refractivity contribution in [1.82, 2.24) is 0 Å². The van der Waals surface area contributed by atoms with Crippen LogP contribution in [0.1, 0.15) is 20.8 Å². The molecule has 2 N–H and O–H groups in total. The van der Waals surface area contributed by atoms with Crippen LogP contribution < -0.4 is 0 Å². The molecule has 1 saturated heterocycles. The van der Waals surface area contributed by atoms with Gasteiger partial charge in [0.2, 0.25) is 0 Å². The molecule has 0 aromatic carbocycles. The summed E-state index contributed by atoms with van der Waals surface area (Å²) >= 11 is 0. The Kier molecular flexibility index (Phi) is 4.30. The molecule has 1 heterocycles. The highest BCUT2D eigenvalue weighted by Crippen LogP contribution is 2.23. The first kappa shape index (κ1) is 14.2. The Labute approximate surface area is 101 Å². The number of cyclic esters (lactones) is 1. The van der Waals surface area contributed by atoms with Gasteiger partial charge < -0.3 is 19.7 Å². The van der Waals surface area contributed by atoms with Crippen molar-refractivity contribution in [2.45, 2.75) is 45.2 Å². The zero-order valence-corrected chi connectivity index (χ0v) is 10.6. The lowest BCUT2D eigenvalue weighted by atomic mass is 9.94. The summed E-state index contributed by atoms with van der Waals surface area (Å²) < 4.78 is 9.69. The van der Waals surface area contributed by atoms with Crippen molar-refractivity contribution in [2.24, 2.45) is 5.41 Å². The van der Waals surface area contributed by atoms with Gasteiger partial charge in [-0.1, -0.05) is 32.9 Å². The molecular weight excluding hydrogens is 224 g/mol. The maximum Gasteiger partial charge on any atom is 0.338 e. The highest BCUT2D eigenvalue weighted by Gasteiger charge is 2.46. The van der Waals surface area contributed by atoms with Crippen LogP contribution in [0, 0.1) is 5.41 Å². The second-order valence-electron chi connectivity index (χ2n) is 5.26. The smallest absolute Gasteiger partial charge is 0.338 e. The van der Waals surface area contributed by atoms with E-state index in [1.165, 1.54) is 13.2 Å². The number of hydrogen-bond acceptors (Lipinski definition) is 5. The summed E-state index contributed by atoms with van der Waals surface area (Å²) in [5.41, 5.74) is -0.0881. The molecule has 17 heavy (non-hydrogen) atoms. The number of carbonyl (C=O) groups is 1. The lowest BCUT2D eigenvalue weighted by Crippen LogP contribution is -2.38. The van der Waals surface area contributed by atoms with Crippen LogP contribution in [-0.4, -0.2) is 47.7 Å². The van der Waals surface area contributed by atoms with E-state index in [-0.39, 0.29) is 5.41 Å². The zero-order valence-electron chi connectivity index (χ0n) is 10.6. The van der Waals surface area contributed by atoms with E-state index in [4.69, 9.17) is 9.47 Å². The van der Waals surface area contributed by atoms with Crippen molar-refractivity contribution in [3.63, 3.8) is 0 Å². The second-order valence-corrected chi connectivity index (χ2v) is 5.26. The van der Waals surface area contributed by atoms with E-state index in [2.05, 4.69) is 0 Å². The molecule has 0 amide bonds. The molecule has 1 rings (SSSR count). The fraction of sp³-hybridized carbons (Fsp3) is 0.750. The van der Waals surface area contributed by atoms with Crippen LogP contribution in [0.2, 0.25) is 0 Å². The van der Waals surface area contributed by atoms with Crippen LogP contribution in [0.4, 0.5) is 0 Å². The normalized spacial score (nSPS) is 31.9. The molecule has 0 aliphatic carbocycles. The first-order valence-corrected chi connectivity index (χ1v) is 5.55. The largest absolute Gasteiger partial charge is 0.454 e. The van der Waals surface area contributed by atoms with Crippen LogP contribution >= 0.6 is 0 Å². The molecule has 0 spiro atoms. The number of allylic oxidation sites excluding steroid dienone is 1. The Morgan fingerprint density at radius 1 is 1.47 bits per heavy atom. The van der Waals surface area contributed by atoms with Crippen LogP contribution in [0.3, 0.4) is 0 Å². The second kappa shape index (κ2) is 5.16. The summed E-state index contributed by atoms with van der Waals surface area (Å²) in [5, 5.41) is 19.6. The fourth-order valence-electron chi connectivity index (χ4n) is 1.59. The first-order valence-electron chi connectivity index (χ1n) is 5.55. The van der Waals surface area contributed by atoms with Gasteiger partial charge in [0.1, 0.15) is 12.2 Å². The molecule has 98 valence electrons. The van der Waals surface area contributed by atoms with Crippen LogP contribution in [0.15, 0.2) is 12.2 Å². The third-order valence-electron chi connectivity index (χ3n) is 2.52. The molecule has 0 aromatic heterocycles. The zero-order chi connectivity index (χ0) is 13.2. The van der Waals surface area contributed by atoms with E-state index in [0.29, 0.717) is 0 Å². The third-order valence-corrected chi connectivity index (χ3v) is 2.52. The predicted molar refractivity (Wildman–Crippen MR) is 61.3 cm³/mol. The fourth-order valence-corrected chi connectivity index (χ4v) is 1.59. The lowest BCUT2D eigenvalue weighted by molar-refractivity contribution is -0.150. The topological polar surface area (TPSA) is 76.0 Å². The molecule has 0 bridgehead atoms. The maximum atomic E-state index is 11.3. The SMILES string of the molecule is CO[C@H]1C(=O)O[C@@H]([C@H](O)C=CC(C)(C)C)[C@H]1O. The number of esters is 1. The Morgan fingerprint density at radius 3 is 2.47 bits per heavy atom. The van der Waals surface area contributed by atoms with Gasteiger partial charge in [-0.05, 0) is 5.41 Å². The molecule has 0 unspecified atom stereocenters. The van der Waals surface area contributed by atoms with Crippen LogP contribution in [-0.2, 0) is 14.3 Å². The number of methoxy groups -OCH3 is 1. The number of aliphatic hydroxyl groups excluding tert-OH is 2. The molecule has 4 atom stereocenters. The van der Waals surface area contributed by atoms with Crippen molar-refractivity contribution in [2.75, 3.05) is 7.11 Å². The summed E-state index contributed by atoms with van der Waals surface area (Å²) in [6, 6.07) is 0. The minimum Gasteiger partial charge on any atom is -0.454 e. The van der Waals surface area contributed by atoms with Gasteiger partial charge in [-0.25, -0.2) is 4.79 Å². The summed E-state index contributed by atoms with van der Waals surface area (Å²) in [6.07, 6.45) is -0.832. The quantitative estimate of drug-likeness (QED) is 0.550. The predicted octanol–water partition coefficient (Wildman–Crippen LogP) is 0.251. The van der Waals surface area contributed by atoms with Crippen molar-refractivity contribution >= 4 is 5.97 Å². The Bertz CT molecular complexity index is 305. The standard InChI is InChI=1S/C12H20O5/c1-12(2,3)6-5-7(13)9-8(14)10(16-4)11(15)17-9/h5-10,13-14H,1-4H3/t7-,8-,9+,10-/m1/s1. The highest BCUT2D eigenvalue weighted by atomic mass is 16.6. The molecule has 1 aliphatic heterocycles. The number of ether oxygens (including phenoxy) is 2. The molecule has 0 radical (unpaired) electrons. The third kappa shape index (κ3) is 3.52. The molecule has 1 fully saturated rings. The van der Waals surface area contributed by atoms with E-state index in [1.54, 1.807) is 6.08 Å². The summed E-state index contributed by atoms with van der Waals surface area (Å²) in [4.78, 5) is 11.3. The monoisotopic (exact) mass is 244 g/mol. The van der Waals surface area contributed by atoms with Gasteiger partial charge in [0.25, 0.3) is 0 Å². The van der Waals surface area contributed by atoms with Crippen molar-refractivity contribution in [3.05, 3.63) is 12.2 Å². The summed E-state index contributed by atoms with van der Waals surface area (Å²) in [6.45, 7) is 5.93. The Balaban J connectivity index is 2.69. The average molecular weight is 244 g/mol. The van der Waals surface area contributed by atoms with E-state index < -0.39 is 30.4 Å². The average Bonchev–Trinajstić information content (AvgIpc) is 2.49. The minimum atomic E-state index is -1.15. The lowest BCUT2D eigenvalue weighted by Gasteiger charge is -2.19. The van der Waals surface area contributed by atoms with Gasteiger partial charge in [-0.3, -0.25) is 0 Å². The van der Waals surface area contributed by atoms with Gasteiger partial charge in [0, 0.05) is 7.11 Å². The van der Waals surface area contributed by atoms with E-state index in [0.717, 1.165) is 0 Å². The van der Waals surface area contributed by atoms with Gasteiger partial charge in [0.15, 0.2) is 12.2 Å². The number of carbonyl (C=O) groups excluding carboxylic acids is 1. The molecule has 1 aliphatic rings. The van der Waals surface area contributed by atoms with Gasteiger partial charge >= 0.3 is 5.97 Å². The first-order chi connectivity index (χ1) is 7.76. The molecule has 5 heteroatoms. The number of hydrogen-bond donors (Lipinski definition) is 2. The summed E-state index contributed by atoms with van der Waals surface area (Å²) in [7, 11) is 1.31. The Morgan fingerprint density at radius 2 is 2.06 bits per heavy atom. The van der Waals surface area contributed by atoms with Gasteiger partial charge in [0.05, 0.1) is 0 Å². The van der Waals surface area contributed by atoms with Crippen LogP contribution in [0.25, 0.3) is 0 Å². The van der Waals surface area contributed by atoms with E-state index >= 15 is 0 Å². The van der Waals surface area contributed by atoms with E-state index in [1.807, 2.05) is 20.8 Å². The highest BCUT2D eigenvalue weighted by molar-refractivity contribution is 5.78.